The monoisotopic (exact) mass is 283 g/mol. The fourth-order valence-electron chi connectivity index (χ4n) is 1.13. The number of hydrogen-bond donors (Lipinski definition) is 0. The summed E-state index contributed by atoms with van der Waals surface area (Å²) in [5.41, 5.74) is 9.03. The Balaban J connectivity index is 3.18. The standard InChI is InChI=1S/C12H18ClN3OSi/c1-12(2,3)18(4,5)17-11-8-9(13)6-7-10(11)15-16-14/h6-8H,1-5H3. The van der Waals surface area contributed by atoms with Crippen LogP contribution in [-0.4, -0.2) is 8.32 Å². The molecule has 1 rings (SSSR count). The van der Waals surface area contributed by atoms with Gasteiger partial charge in [-0.15, -0.1) is 0 Å². The van der Waals surface area contributed by atoms with Gasteiger partial charge in [0.05, 0.1) is 5.69 Å². The highest BCUT2D eigenvalue weighted by atomic mass is 35.5. The summed E-state index contributed by atoms with van der Waals surface area (Å²) in [4.78, 5) is 2.81. The van der Waals surface area contributed by atoms with Crippen molar-refractivity contribution in [2.45, 2.75) is 38.9 Å². The zero-order chi connectivity index (χ0) is 14.0. The Labute approximate surface area is 114 Å². The van der Waals surface area contributed by atoms with Crippen LogP contribution in [0.15, 0.2) is 23.3 Å². The third-order valence-corrected chi connectivity index (χ3v) is 7.82. The molecule has 0 N–H and O–H groups in total. The quantitative estimate of drug-likeness (QED) is 0.305. The molecular formula is C12H18ClN3OSi. The Morgan fingerprint density at radius 2 is 1.94 bits per heavy atom. The summed E-state index contributed by atoms with van der Waals surface area (Å²) in [7, 11) is -1.97. The highest BCUT2D eigenvalue weighted by Crippen LogP contribution is 2.40. The van der Waals surface area contributed by atoms with E-state index in [9.17, 15) is 0 Å². The van der Waals surface area contributed by atoms with Crippen LogP contribution in [0.25, 0.3) is 10.4 Å². The molecule has 0 fully saturated rings. The summed E-state index contributed by atoms with van der Waals surface area (Å²) in [5, 5.41) is 4.28. The molecule has 0 saturated heterocycles. The van der Waals surface area contributed by atoms with Gasteiger partial charge in [0.15, 0.2) is 0 Å². The lowest BCUT2D eigenvalue weighted by Crippen LogP contribution is -2.43. The molecule has 4 nitrogen and oxygen atoms in total. The first kappa shape index (κ1) is 14.9. The van der Waals surface area contributed by atoms with Gasteiger partial charge in [0.25, 0.3) is 0 Å². The molecular weight excluding hydrogens is 266 g/mol. The van der Waals surface area contributed by atoms with Crippen molar-refractivity contribution in [3.63, 3.8) is 0 Å². The maximum Gasteiger partial charge on any atom is 0.250 e. The molecule has 18 heavy (non-hydrogen) atoms. The molecule has 1 aromatic rings. The number of azide groups is 1. The first-order valence-corrected chi connectivity index (χ1v) is 9.00. The van der Waals surface area contributed by atoms with Crippen LogP contribution in [0, 0.1) is 0 Å². The van der Waals surface area contributed by atoms with Crippen LogP contribution in [0.1, 0.15) is 20.8 Å². The summed E-state index contributed by atoms with van der Waals surface area (Å²) < 4.78 is 6.12. The largest absolute Gasteiger partial charge is 0.543 e. The van der Waals surface area contributed by atoms with Crippen molar-refractivity contribution in [3.8, 4) is 5.75 Å². The number of rotatable bonds is 3. The van der Waals surface area contributed by atoms with Gasteiger partial charge < -0.3 is 4.43 Å². The van der Waals surface area contributed by atoms with Gasteiger partial charge >= 0.3 is 0 Å². The van der Waals surface area contributed by atoms with Gasteiger partial charge in [-0.1, -0.05) is 37.5 Å². The molecule has 98 valence electrons. The van der Waals surface area contributed by atoms with Gasteiger partial charge in [-0.05, 0) is 41.9 Å². The van der Waals surface area contributed by atoms with Gasteiger partial charge in [0.2, 0.25) is 8.32 Å². The topological polar surface area (TPSA) is 58.0 Å². The number of benzene rings is 1. The molecule has 0 heterocycles. The number of hydrogen-bond acceptors (Lipinski definition) is 2. The van der Waals surface area contributed by atoms with E-state index in [0.717, 1.165) is 0 Å². The third kappa shape index (κ3) is 3.42. The minimum absolute atomic E-state index is 0.0724. The zero-order valence-electron chi connectivity index (χ0n) is 11.4. The second kappa shape index (κ2) is 5.22. The Kier molecular flexibility index (Phi) is 4.32. The van der Waals surface area contributed by atoms with Gasteiger partial charge in [0.1, 0.15) is 5.75 Å². The van der Waals surface area contributed by atoms with Gasteiger partial charge in [0, 0.05) is 9.93 Å². The normalized spacial score (nSPS) is 11.9. The van der Waals surface area contributed by atoms with E-state index < -0.39 is 8.32 Å². The van der Waals surface area contributed by atoms with Crippen molar-refractivity contribution in [3.05, 3.63) is 33.7 Å². The first-order chi connectivity index (χ1) is 8.17. The van der Waals surface area contributed by atoms with Crippen molar-refractivity contribution in [2.24, 2.45) is 5.11 Å². The Morgan fingerprint density at radius 3 is 2.44 bits per heavy atom. The van der Waals surface area contributed by atoms with E-state index >= 15 is 0 Å². The summed E-state index contributed by atoms with van der Waals surface area (Å²) in [5.74, 6) is 0.562. The molecule has 0 spiro atoms. The van der Waals surface area contributed by atoms with Gasteiger partial charge in [-0.25, -0.2) is 0 Å². The van der Waals surface area contributed by atoms with Gasteiger partial charge in [-0.2, -0.15) is 0 Å². The van der Waals surface area contributed by atoms with Crippen molar-refractivity contribution in [2.75, 3.05) is 0 Å². The molecule has 0 saturated carbocycles. The van der Waals surface area contributed by atoms with Crippen LogP contribution >= 0.6 is 11.6 Å². The van der Waals surface area contributed by atoms with Gasteiger partial charge in [-0.3, -0.25) is 0 Å². The molecule has 0 aromatic heterocycles. The maximum atomic E-state index is 8.55. The van der Waals surface area contributed by atoms with Crippen molar-refractivity contribution < 1.29 is 4.43 Å². The summed E-state index contributed by atoms with van der Waals surface area (Å²) in [6.07, 6.45) is 0. The van der Waals surface area contributed by atoms with Crippen molar-refractivity contribution in [1.82, 2.24) is 0 Å². The molecule has 0 aliphatic rings. The van der Waals surface area contributed by atoms with E-state index in [4.69, 9.17) is 21.6 Å². The van der Waals surface area contributed by atoms with E-state index in [0.29, 0.717) is 16.5 Å². The SMILES string of the molecule is CC(C)(C)[Si](C)(C)Oc1cc(Cl)ccc1N=[N+]=[N-]. The fraction of sp³-hybridized carbons (Fsp3) is 0.500. The molecule has 0 atom stereocenters. The molecule has 6 heteroatoms. The molecule has 0 aliphatic carbocycles. The lowest BCUT2D eigenvalue weighted by molar-refractivity contribution is 0.493. The molecule has 0 amide bonds. The predicted molar refractivity (Wildman–Crippen MR) is 78.1 cm³/mol. The van der Waals surface area contributed by atoms with Crippen LogP contribution in [0.2, 0.25) is 23.2 Å². The lowest BCUT2D eigenvalue weighted by atomic mass is 10.2. The van der Waals surface area contributed by atoms with E-state index in [1.807, 2.05) is 0 Å². The summed E-state index contributed by atoms with van der Waals surface area (Å²) >= 11 is 5.96. The molecule has 0 radical (unpaired) electrons. The number of nitrogens with zero attached hydrogens (tertiary/aromatic N) is 3. The molecule has 0 unspecified atom stereocenters. The van der Waals surface area contributed by atoms with E-state index in [1.165, 1.54) is 0 Å². The number of halogens is 1. The second-order valence-corrected chi connectivity index (χ2v) is 10.8. The van der Waals surface area contributed by atoms with Crippen LogP contribution in [0.3, 0.4) is 0 Å². The van der Waals surface area contributed by atoms with Crippen LogP contribution < -0.4 is 4.43 Å². The van der Waals surface area contributed by atoms with E-state index in [-0.39, 0.29) is 5.04 Å². The highest BCUT2D eigenvalue weighted by molar-refractivity contribution is 6.74. The van der Waals surface area contributed by atoms with Crippen LogP contribution in [0.5, 0.6) is 5.75 Å². The average molecular weight is 284 g/mol. The predicted octanol–water partition coefficient (Wildman–Crippen LogP) is 5.67. The molecule has 1 aromatic carbocycles. The second-order valence-electron chi connectivity index (χ2n) is 5.66. The minimum atomic E-state index is -1.97. The Bertz CT molecular complexity index is 491. The smallest absolute Gasteiger partial charge is 0.250 e. The minimum Gasteiger partial charge on any atom is -0.543 e. The zero-order valence-corrected chi connectivity index (χ0v) is 13.1. The van der Waals surface area contributed by atoms with Crippen LogP contribution in [0.4, 0.5) is 5.69 Å². The Hall–Kier alpha value is -1.16. The molecule has 0 aliphatic heterocycles. The lowest BCUT2D eigenvalue weighted by Gasteiger charge is -2.36. The maximum absolute atomic E-state index is 8.55. The third-order valence-electron chi connectivity index (χ3n) is 3.25. The van der Waals surface area contributed by atoms with Crippen molar-refractivity contribution >= 4 is 25.6 Å². The summed E-state index contributed by atoms with van der Waals surface area (Å²) in [6.45, 7) is 10.7. The van der Waals surface area contributed by atoms with E-state index in [1.54, 1.807) is 18.2 Å². The van der Waals surface area contributed by atoms with Crippen LogP contribution in [-0.2, 0) is 0 Å². The first-order valence-electron chi connectivity index (χ1n) is 5.71. The fourth-order valence-corrected chi connectivity index (χ4v) is 2.31. The average Bonchev–Trinajstić information content (AvgIpc) is 2.20. The summed E-state index contributed by atoms with van der Waals surface area (Å²) in [6, 6.07) is 5.06. The Morgan fingerprint density at radius 1 is 1.33 bits per heavy atom. The highest BCUT2D eigenvalue weighted by Gasteiger charge is 2.39. The van der Waals surface area contributed by atoms with E-state index in [2.05, 4.69) is 43.9 Å². The van der Waals surface area contributed by atoms with Crippen molar-refractivity contribution in [1.29, 1.82) is 0 Å². The molecule has 0 bridgehead atoms.